The van der Waals surface area contributed by atoms with Crippen molar-refractivity contribution in [2.75, 3.05) is 30.1 Å². The van der Waals surface area contributed by atoms with Crippen LogP contribution in [-0.2, 0) is 11.3 Å². The van der Waals surface area contributed by atoms with E-state index in [1.165, 1.54) is 11.8 Å². The van der Waals surface area contributed by atoms with Crippen molar-refractivity contribution < 1.29 is 4.79 Å². The number of nitrogens with zero attached hydrogens (tertiary/aromatic N) is 4. The van der Waals surface area contributed by atoms with Crippen LogP contribution < -0.4 is 10.2 Å². The van der Waals surface area contributed by atoms with Crippen LogP contribution in [0.4, 0.5) is 11.4 Å². The number of halogens is 1. The van der Waals surface area contributed by atoms with E-state index in [4.69, 9.17) is 0 Å². The Balaban J connectivity index is 1.71. The molecule has 0 aliphatic heterocycles. The monoisotopic (exact) mass is 459 g/mol. The van der Waals surface area contributed by atoms with Crippen LogP contribution >= 0.6 is 27.7 Å². The molecule has 0 fully saturated rings. The lowest BCUT2D eigenvalue weighted by Gasteiger charge is -2.14. The van der Waals surface area contributed by atoms with E-state index < -0.39 is 0 Å². The van der Waals surface area contributed by atoms with E-state index in [1.807, 2.05) is 55.1 Å². The van der Waals surface area contributed by atoms with Gasteiger partial charge >= 0.3 is 0 Å². The van der Waals surface area contributed by atoms with E-state index >= 15 is 0 Å². The highest BCUT2D eigenvalue weighted by Crippen LogP contribution is 2.26. The van der Waals surface area contributed by atoms with Crippen molar-refractivity contribution in [1.82, 2.24) is 14.8 Å². The maximum absolute atomic E-state index is 12.3. The highest BCUT2D eigenvalue weighted by atomic mass is 79.9. The summed E-state index contributed by atoms with van der Waals surface area (Å²) in [5, 5.41) is 12.3. The number of carbonyl (C=O) groups excluding carboxylic acids is 1. The summed E-state index contributed by atoms with van der Waals surface area (Å²) in [6, 6.07) is 15.7. The Labute approximate surface area is 177 Å². The lowest BCUT2D eigenvalue weighted by molar-refractivity contribution is -0.113. The molecule has 1 aromatic heterocycles. The Hall–Kier alpha value is -2.32. The summed E-state index contributed by atoms with van der Waals surface area (Å²) >= 11 is 4.77. The van der Waals surface area contributed by atoms with Gasteiger partial charge < -0.3 is 14.8 Å². The van der Waals surface area contributed by atoms with Gasteiger partial charge in [-0.05, 0) is 43.3 Å². The molecular formula is C20H22BrN5OS. The SMILES string of the molecule is CCn1c(SCC(=O)Nc2ccc(Br)cc2)nnc1-c1cccc(N(C)C)c1. The Morgan fingerprint density at radius 2 is 1.93 bits per heavy atom. The van der Waals surface area contributed by atoms with E-state index in [1.54, 1.807) is 0 Å². The molecule has 8 heteroatoms. The first-order chi connectivity index (χ1) is 13.5. The van der Waals surface area contributed by atoms with Crippen molar-refractivity contribution in [2.24, 2.45) is 0 Å². The molecule has 28 heavy (non-hydrogen) atoms. The zero-order valence-corrected chi connectivity index (χ0v) is 18.4. The zero-order valence-electron chi connectivity index (χ0n) is 16.0. The van der Waals surface area contributed by atoms with Gasteiger partial charge in [-0.3, -0.25) is 4.79 Å². The van der Waals surface area contributed by atoms with Crippen LogP contribution in [0.2, 0.25) is 0 Å². The summed E-state index contributed by atoms with van der Waals surface area (Å²) in [5.41, 5.74) is 2.88. The molecule has 1 N–H and O–H groups in total. The molecule has 1 amide bonds. The topological polar surface area (TPSA) is 63.1 Å². The van der Waals surface area contributed by atoms with Crippen molar-refractivity contribution in [3.05, 3.63) is 53.0 Å². The number of nitrogens with one attached hydrogen (secondary N) is 1. The number of thioether (sulfide) groups is 1. The predicted molar refractivity (Wildman–Crippen MR) is 119 cm³/mol. The van der Waals surface area contributed by atoms with E-state index in [0.29, 0.717) is 0 Å². The second-order valence-corrected chi connectivity index (χ2v) is 8.20. The average Bonchev–Trinajstić information content (AvgIpc) is 3.11. The standard InChI is InChI=1S/C20H22BrN5OS/c1-4-26-19(14-6-5-7-17(12-14)25(2)3)23-24-20(26)28-13-18(27)22-16-10-8-15(21)9-11-16/h5-12H,4,13H2,1-3H3,(H,22,27). The third-order valence-electron chi connectivity index (χ3n) is 4.11. The lowest BCUT2D eigenvalue weighted by Crippen LogP contribution is -2.14. The maximum Gasteiger partial charge on any atom is 0.234 e. The molecule has 6 nitrogen and oxygen atoms in total. The molecule has 0 saturated heterocycles. The average molecular weight is 460 g/mol. The van der Waals surface area contributed by atoms with Crippen LogP contribution in [0.1, 0.15) is 6.92 Å². The van der Waals surface area contributed by atoms with Gasteiger partial charge in [0.2, 0.25) is 5.91 Å². The second kappa shape index (κ2) is 9.25. The Kier molecular flexibility index (Phi) is 6.74. The van der Waals surface area contributed by atoms with Gasteiger partial charge in [-0.1, -0.05) is 39.8 Å². The minimum atomic E-state index is -0.0749. The Morgan fingerprint density at radius 1 is 1.18 bits per heavy atom. The zero-order chi connectivity index (χ0) is 20.1. The van der Waals surface area contributed by atoms with Crippen molar-refractivity contribution in [3.8, 4) is 11.4 Å². The summed E-state index contributed by atoms with van der Waals surface area (Å²) < 4.78 is 3.01. The number of aromatic nitrogens is 3. The van der Waals surface area contributed by atoms with E-state index in [2.05, 4.69) is 55.4 Å². The van der Waals surface area contributed by atoms with Gasteiger partial charge in [-0.2, -0.15) is 0 Å². The number of carbonyl (C=O) groups is 1. The van der Waals surface area contributed by atoms with Gasteiger partial charge in [0.05, 0.1) is 5.75 Å². The first-order valence-corrected chi connectivity index (χ1v) is 10.6. The van der Waals surface area contributed by atoms with Crippen LogP contribution in [0.15, 0.2) is 58.2 Å². The number of hydrogen-bond donors (Lipinski definition) is 1. The summed E-state index contributed by atoms with van der Waals surface area (Å²) in [7, 11) is 4.02. The Morgan fingerprint density at radius 3 is 2.61 bits per heavy atom. The fourth-order valence-electron chi connectivity index (χ4n) is 2.68. The van der Waals surface area contributed by atoms with E-state index in [-0.39, 0.29) is 11.7 Å². The molecule has 3 rings (SSSR count). The normalized spacial score (nSPS) is 10.7. The quantitative estimate of drug-likeness (QED) is 0.526. The molecule has 2 aromatic carbocycles. The molecule has 0 bridgehead atoms. The minimum Gasteiger partial charge on any atom is -0.378 e. The molecule has 0 radical (unpaired) electrons. The first-order valence-electron chi connectivity index (χ1n) is 8.87. The number of amides is 1. The van der Waals surface area contributed by atoms with Gasteiger partial charge in [-0.25, -0.2) is 0 Å². The van der Waals surface area contributed by atoms with E-state index in [9.17, 15) is 4.79 Å². The number of benzene rings is 2. The molecule has 0 aliphatic rings. The minimum absolute atomic E-state index is 0.0749. The van der Waals surface area contributed by atoms with Crippen molar-refractivity contribution in [3.63, 3.8) is 0 Å². The number of anilines is 2. The maximum atomic E-state index is 12.3. The highest BCUT2D eigenvalue weighted by molar-refractivity contribution is 9.10. The third kappa shape index (κ3) is 4.94. The molecule has 1 heterocycles. The van der Waals surface area contributed by atoms with Crippen LogP contribution in [0.3, 0.4) is 0 Å². The van der Waals surface area contributed by atoms with Crippen molar-refractivity contribution in [1.29, 1.82) is 0 Å². The molecule has 146 valence electrons. The van der Waals surface area contributed by atoms with Crippen LogP contribution in [0, 0.1) is 0 Å². The first kappa shape index (κ1) is 20.4. The lowest BCUT2D eigenvalue weighted by atomic mass is 10.2. The molecule has 0 aliphatic carbocycles. The molecule has 3 aromatic rings. The van der Waals surface area contributed by atoms with Gasteiger partial charge in [0.25, 0.3) is 0 Å². The number of rotatable bonds is 7. The van der Waals surface area contributed by atoms with E-state index in [0.717, 1.165) is 38.9 Å². The van der Waals surface area contributed by atoms with Crippen molar-refractivity contribution in [2.45, 2.75) is 18.6 Å². The molecule has 0 unspecified atom stereocenters. The smallest absolute Gasteiger partial charge is 0.234 e. The molecular weight excluding hydrogens is 438 g/mol. The van der Waals surface area contributed by atoms with Gasteiger partial charge in [-0.15, -0.1) is 10.2 Å². The fourth-order valence-corrected chi connectivity index (χ4v) is 3.74. The summed E-state index contributed by atoms with van der Waals surface area (Å²) in [5.74, 6) is 1.00. The molecule has 0 spiro atoms. The summed E-state index contributed by atoms with van der Waals surface area (Å²) in [6.07, 6.45) is 0. The fraction of sp³-hybridized carbons (Fsp3) is 0.250. The van der Waals surface area contributed by atoms with Crippen LogP contribution in [-0.4, -0.2) is 40.5 Å². The molecule has 0 saturated carbocycles. The van der Waals surface area contributed by atoms with Crippen molar-refractivity contribution >= 4 is 45.0 Å². The number of hydrogen-bond acceptors (Lipinski definition) is 5. The van der Waals surface area contributed by atoms with Gasteiger partial charge in [0.1, 0.15) is 0 Å². The summed E-state index contributed by atoms with van der Waals surface area (Å²) in [4.78, 5) is 14.3. The second-order valence-electron chi connectivity index (χ2n) is 6.34. The largest absolute Gasteiger partial charge is 0.378 e. The van der Waals surface area contributed by atoms with Gasteiger partial charge in [0.15, 0.2) is 11.0 Å². The Bertz CT molecular complexity index is 955. The highest BCUT2D eigenvalue weighted by Gasteiger charge is 2.15. The van der Waals surface area contributed by atoms with Gasteiger partial charge in [0, 0.05) is 42.1 Å². The molecule has 0 atom stereocenters. The van der Waals surface area contributed by atoms with Crippen LogP contribution in [0.25, 0.3) is 11.4 Å². The van der Waals surface area contributed by atoms with Crippen LogP contribution in [0.5, 0.6) is 0 Å². The third-order valence-corrected chi connectivity index (χ3v) is 5.61. The predicted octanol–water partition coefficient (Wildman–Crippen LogP) is 4.52. The summed E-state index contributed by atoms with van der Waals surface area (Å²) in [6.45, 7) is 2.78.